The van der Waals surface area contributed by atoms with Gasteiger partial charge in [-0.15, -0.1) is 11.3 Å². The number of nitrogens with two attached hydrogens (primary N) is 1. The first-order valence-corrected chi connectivity index (χ1v) is 7.37. The highest BCUT2D eigenvalue weighted by atomic mass is 32.1. The molecule has 0 aliphatic heterocycles. The number of hydrogen-bond donors (Lipinski definition) is 2. The molecule has 0 saturated heterocycles. The van der Waals surface area contributed by atoms with Crippen LogP contribution in [0.1, 0.15) is 46.1 Å². The van der Waals surface area contributed by atoms with Crippen LogP contribution in [-0.2, 0) is 0 Å². The summed E-state index contributed by atoms with van der Waals surface area (Å²) in [5, 5.41) is 9.29. The standard InChI is InChI=1S/C16H19NO2S/c1-8(2)12-13(17)15(16(18)19)20-14(12)11-7-9(3)5-6-10(11)4/h5-8H,17H2,1-4H3,(H,18,19). The minimum absolute atomic E-state index is 0.189. The third-order valence-corrected chi connectivity index (χ3v) is 4.64. The van der Waals surface area contributed by atoms with Crippen LogP contribution in [0.3, 0.4) is 0 Å². The van der Waals surface area contributed by atoms with Gasteiger partial charge in [0.25, 0.3) is 0 Å². The monoisotopic (exact) mass is 289 g/mol. The average molecular weight is 289 g/mol. The first-order valence-electron chi connectivity index (χ1n) is 6.56. The van der Waals surface area contributed by atoms with Crippen LogP contribution in [0.15, 0.2) is 18.2 Å². The molecule has 1 aromatic heterocycles. The number of anilines is 1. The third kappa shape index (κ3) is 2.43. The fraction of sp³-hybridized carbons (Fsp3) is 0.312. The van der Waals surface area contributed by atoms with E-state index in [1.807, 2.05) is 27.7 Å². The molecule has 0 bridgehead atoms. The smallest absolute Gasteiger partial charge is 0.348 e. The molecule has 106 valence electrons. The highest BCUT2D eigenvalue weighted by Crippen LogP contribution is 2.43. The van der Waals surface area contributed by atoms with E-state index in [0.717, 1.165) is 27.1 Å². The van der Waals surface area contributed by atoms with Gasteiger partial charge in [0.15, 0.2) is 0 Å². The van der Waals surface area contributed by atoms with Gasteiger partial charge in [-0.05, 0) is 36.5 Å². The minimum atomic E-state index is -0.953. The summed E-state index contributed by atoms with van der Waals surface area (Å²) in [6.07, 6.45) is 0. The molecule has 0 saturated carbocycles. The van der Waals surface area contributed by atoms with Crippen molar-refractivity contribution in [1.82, 2.24) is 0 Å². The summed E-state index contributed by atoms with van der Waals surface area (Å²) in [4.78, 5) is 12.5. The van der Waals surface area contributed by atoms with Crippen molar-refractivity contribution in [3.8, 4) is 10.4 Å². The molecule has 0 fully saturated rings. The molecular formula is C16H19NO2S. The van der Waals surface area contributed by atoms with Crippen molar-refractivity contribution < 1.29 is 9.90 Å². The van der Waals surface area contributed by atoms with Crippen LogP contribution in [-0.4, -0.2) is 11.1 Å². The number of hydrogen-bond acceptors (Lipinski definition) is 3. The molecule has 1 heterocycles. The van der Waals surface area contributed by atoms with E-state index >= 15 is 0 Å². The summed E-state index contributed by atoms with van der Waals surface area (Å²) in [6.45, 7) is 8.15. The van der Waals surface area contributed by atoms with E-state index in [2.05, 4.69) is 18.2 Å². The van der Waals surface area contributed by atoms with Crippen LogP contribution in [0.25, 0.3) is 10.4 Å². The second-order valence-electron chi connectivity index (χ2n) is 5.37. The predicted molar refractivity (Wildman–Crippen MR) is 84.7 cm³/mol. The second kappa shape index (κ2) is 5.29. The summed E-state index contributed by atoms with van der Waals surface area (Å²) in [5.74, 6) is -0.764. The predicted octanol–water partition coefficient (Wildman–Crippen LogP) is 4.44. The van der Waals surface area contributed by atoms with Crippen molar-refractivity contribution >= 4 is 23.0 Å². The van der Waals surface area contributed by atoms with Gasteiger partial charge in [-0.3, -0.25) is 0 Å². The van der Waals surface area contributed by atoms with Crippen molar-refractivity contribution in [2.45, 2.75) is 33.6 Å². The maximum Gasteiger partial charge on any atom is 0.348 e. The molecule has 0 spiro atoms. The van der Waals surface area contributed by atoms with Crippen LogP contribution in [0.4, 0.5) is 5.69 Å². The SMILES string of the molecule is Cc1ccc(C)c(-c2sc(C(=O)O)c(N)c2C(C)C)c1. The van der Waals surface area contributed by atoms with Crippen molar-refractivity contribution in [1.29, 1.82) is 0 Å². The van der Waals surface area contributed by atoms with Crippen molar-refractivity contribution in [3.05, 3.63) is 39.8 Å². The number of aryl methyl sites for hydroxylation is 2. The summed E-state index contributed by atoms with van der Waals surface area (Å²) in [7, 11) is 0. The molecule has 0 unspecified atom stereocenters. The molecule has 0 aliphatic carbocycles. The Balaban J connectivity index is 2.76. The van der Waals surface area contributed by atoms with E-state index < -0.39 is 5.97 Å². The van der Waals surface area contributed by atoms with Crippen LogP contribution < -0.4 is 5.73 Å². The summed E-state index contributed by atoms with van der Waals surface area (Å²) in [6, 6.07) is 6.21. The number of carboxylic acid groups (broad SMARTS) is 1. The zero-order valence-electron chi connectivity index (χ0n) is 12.2. The Labute approximate surface area is 123 Å². The number of nitrogen functional groups attached to an aromatic ring is 1. The van der Waals surface area contributed by atoms with Crippen molar-refractivity contribution in [2.75, 3.05) is 5.73 Å². The maximum atomic E-state index is 11.3. The Kier molecular flexibility index (Phi) is 3.86. The first-order chi connectivity index (χ1) is 9.32. The lowest BCUT2D eigenvalue weighted by Gasteiger charge is -2.11. The van der Waals surface area contributed by atoms with Gasteiger partial charge < -0.3 is 10.8 Å². The summed E-state index contributed by atoms with van der Waals surface area (Å²) >= 11 is 1.27. The number of carbonyl (C=O) groups is 1. The summed E-state index contributed by atoms with van der Waals surface area (Å²) in [5.41, 5.74) is 10.8. The van der Waals surface area contributed by atoms with E-state index in [-0.39, 0.29) is 10.8 Å². The first kappa shape index (κ1) is 14.6. The molecule has 2 rings (SSSR count). The van der Waals surface area contributed by atoms with E-state index in [1.54, 1.807) is 0 Å². The molecule has 3 nitrogen and oxygen atoms in total. The fourth-order valence-electron chi connectivity index (χ4n) is 2.37. The number of rotatable bonds is 3. The summed E-state index contributed by atoms with van der Waals surface area (Å²) < 4.78 is 0. The number of carboxylic acids is 1. The molecule has 3 N–H and O–H groups in total. The number of thiophene rings is 1. The van der Waals surface area contributed by atoms with Crippen LogP contribution in [0.5, 0.6) is 0 Å². The quantitative estimate of drug-likeness (QED) is 0.878. The molecule has 20 heavy (non-hydrogen) atoms. The van der Waals surface area contributed by atoms with E-state index in [1.165, 1.54) is 11.3 Å². The Hall–Kier alpha value is -1.81. The van der Waals surface area contributed by atoms with Gasteiger partial charge in [0, 0.05) is 4.88 Å². The zero-order chi connectivity index (χ0) is 15.0. The largest absolute Gasteiger partial charge is 0.477 e. The molecule has 0 aliphatic rings. The van der Waals surface area contributed by atoms with Gasteiger partial charge in [-0.1, -0.05) is 37.6 Å². The molecule has 1 aromatic carbocycles. The van der Waals surface area contributed by atoms with Gasteiger partial charge in [0.2, 0.25) is 0 Å². The Morgan fingerprint density at radius 3 is 2.50 bits per heavy atom. The second-order valence-corrected chi connectivity index (χ2v) is 6.39. The molecule has 0 atom stereocenters. The molecule has 2 aromatic rings. The van der Waals surface area contributed by atoms with Crippen LogP contribution in [0, 0.1) is 13.8 Å². The van der Waals surface area contributed by atoms with Gasteiger partial charge in [-0.2, -0.15) is 0 Å². The fourth-order valence-corrected chi connectivity index (χ4v) is 3.67. The highest BCUT2D eigenvalue weighted by Gasteiger charge is 2.23. The van der Waals surface area contributed by atoms with Crippen molar-refractivity contribution in [2.24, 2.45) is 0 Å². The van der Waals surface area contributed by atoms with E-state index in [0.29, 0.717) is 5.69 Å². The lowest BCUT2D eigenvalue weighted by molar-refractivity contribution is 0.0703. The van der Waals surface area contributed by atoms with E-state index in [9.17, 15) is 9.90 Å². The lowest BCUT2D eigenvalue weighted by Crippen LogP contribution is -2.01. The van der Waals surface area contributed by atoms with Gasteiger partial charge in [0.05, 0.1) is 5.69 Å². The highest BCUT2D eigenvalue weighted by molar-refractivity contribution is 7.18. The molecule has 4 heteroatoms. The van der Waals surface area contributed by atoms with Crippen LogP contribution in [0.2, 0.25) is 0 Å². The Morgan fingerprint density at radius 1 is 1.30 bits per heavy atom. The zero-order valence-corrected chi connectivity index (χ0v) is 13.0. The number of benzene rings is 1. The van der Waals surface area contributed by atoms with Crippen molar-refractivity contribution in [3.63, 3.8) is 0 Å². The average Bonchev–Trinajstić information content (AvgIpc) is 2.70. The maximum absolute atomic E-state index is 11.3. The Morgan fingerprint density at radius 2 is 1.95 bits per heavy atom. The molecule has 0 radical (unpaired) electrons. The third-order valence-electron chi connectivity index (χ3n) is 3.39. The van der Waals surface area contributed by atoms with Crippen LogP contribution >= 0.6 is 11.3 Å². The topological polar surface area (TPSA) is 63.3 Å². The van der Waals surface area contributed by atoms with E-state index in [4.69, 9.17) is 5.73 Å². The molecular weight excluding hydrogens is 270 g/mol. The minimum Gasteiger partial charge on any atom is -0.477 e. The van der Waals surface area contributed by atoms with Gasteiger partial charge in [-0.25, -0.2) is 4.79 Å². The Bertz CT molecular complexity index is 671. The number of aromatic carboxylic acids is 1. The van der Waals surface area contributed by atoms with Gasteiger partial charge in [0.1, 0.15) is 4.88 Å². The van der Waals surface area contributed by atoms with Gasteiger partial charge >= 0.3 is 5.97 Å². The molecule has 0 amide bonds. The normalized spacial score (nSPS) is 11.1. The lowest BCUT2D eigenvalue weighted by atomic mass is 9.95.